The zero-order valence-electron chi connectivity index (χ0n) is 11.1. The highest BCUT2D eigenvalue weighted by Gasteiger charge is 2.20. The Bertz CT molecular complexity index is 934. The maximum atomic E-state index is 12.7. The van der Waals surface area contributed by atoms with E-state index < -0.39 is 0 Å². The first-order valence-corrected chi connectivity index (χ1v) is 7.99. The van der Waals surface area contributed by atoms with E-state index in [0.717, 1.165) is 29.5 Å². The van der Waals surface area contributed by atoms with Crippen LogP contribution in [0.1, 0.15) is 29.2 Å². The number of aryl methyl sites for hydroxylation is 2. The number of thiophene rings is 1. The molecule has 4 rings (SSSR count). The highest BCUT2D eigenvalue weighted by molar-refractivity contribution is 7.71. The van der Waals surface area contributed by atoms with Gasteiger partial charge in [-0.3, -0.25) is 9.36 Å². The molecule has 6 nitrogen and oxygen atoms in total. The fourth-order valence-electron chi connectivity index (χ4n) is 2.77. The number of H-pyrrole nitrogens is 1. The molecule has 0 unspecified atom stereocenters. The molecule has 0 radical (unpaired) electrons. The van der Waals surface area contributed by atoms with Crippen LogP contribution in [0.2, 0.25) is 0 Å². The Labute approximate surface area is 128 Å². The Balaban J connectivity index is 1.85. The van der Waals surface area contributed by atoms with Crippen molar-refractivity contribution >= 4 is 33.8 Å². The summed E-state index contributed by atoms with van der Waals surface area (Å²) in [6.07, 6.45) is 5.92. The molecule has 0 amide bonds. The van der Waals surface area contributed by atoms with Crippen molar-refractivity contribution in [1.29, 1.82) is 0 Å². The normalized spacial score (nSPS) is 14.5. The third kappa shape index (κ3) is 2.14. The van der Waals surface area contributed by atoms with Gasteiger partial charge in [-0.1, -0.05) is 0 Å². The molecule has 0 aliphatic heterocycles. The van der Waals surface area contributed by atoms with Gasteiger partial charge in [0, 0.05) is 4.88 Å². The van der Waals surface area contributed by atoms with Crippen molar-refractivity contribution in [2.75, 3.05) is 0 Å². The van der Waals surface area contributed by atoms with E-state index in [1.165, 1.54) is 21.4 Å². The zero-order chi connectivity index (χ0) is 14.4. The van der Waals surface area contributed by atoms with Gasteiger partial charge in [-0.15, -0.1) is 16.4 Å². The Morgan fingerprint density at radius 2 is 2.29 bits per heavy atom. The predicted molar refractivity (Wildman–Crippen MR) is 81.3 cm³/mol. The summed E-state index contributed by atoms with van der Waals surface area (Å²) in [4.78, 5) is 19.5. The third-order valence-electron chi connectivity index (χ3n) is 3.73. The van der Waals surface area contributed by atoms with Crippen LogP contribution in [0.15, 0.2) is 15.5 Å². The van der Waals surface area contributed by atoms with E-state index in [0.29, 0.717) is 5.89 Å². The van der Waals surface area contributed by atoms with Crippen molar-refractivity contribution in [2.24, 2.45) is 0 Å². The molecule has 108 valence electrons. The molecule has 0 atom stereocenters. The molecular weight excluding hydrogens is 308 g/mol. The summed E-state index contributed by atoms with van der Waals surface area (Å²) in [5.41, 5.74) is 1.17. The van der Waals surface area contributed by atoms with E-state index in [1.54, 1.807) is 17.7 Å². The first-order chi connectivity index (χ1) is 10.2. The van der Waals surface area contributed by atoms with Gasteiger partial charge in [-0.2, -0.15) is 0 Å². The van der Waals surface area contributed by atoms with Gasteiger partial charge in [0.15, 0.2) is 0 Å². The number of hydrogen-bond acceptors (Lipinski definition) is 6. The van der Waals surface area contributed by atoms with Gasteiger partial charge in [0.25, 0.3) is 10.4 Å². The van der Waals surface area contributed by atoms with Crippen molar-refractivity contribution in [3.63, 3.8) is 0 Å². The Kier molecular flexibility index (Phi) is 3.00. The summed E-state index contributed by atoms with van der Waals surface area (Å²) in [6.45, 7) is 0.236. The predicted octanol–water partition coefficient (Wildman–Crippen LogP) is 2.43. The minimum absolute atomic E-state index is 0.0245. The molecule has 1 N–H and O–H groups in total. The van der Waals surface area contributed by atoms with E-state index in [-0.39, 0.29) is 16.9 Å². The molecule has 0 saturated carbocycles. The maximum Gasteiger partial charge on any atom is 0.284 e. The van der Waals surface area contributed by atoms with Crippen LogP contribution >= 0.6 is 23.6 Å². The van der Waals surface area contributed by atoms with Crippen LogP contribution in [0.4, 0.5) is 0 Å². The summed E-state index contributed by atoms with van der Waals surface area (Å²) in [5, 5.41) is 7.25. The molecule has 0 aromatic carbocycles. The number of fused-ring (bicyclic) bond motifs is 3. The number of nitrogens with one attached hydrogen (secondary N) is 1. The number of hydrogen-bond donors (Lipinski definition) is 1. The number of rotatable bonds is 2. The second kappa shape index (κ2) is 4.88. The molecule has 1 aliphatic rings. The smallest absolute Gasteiger partial charge is 0.284 e. The van der Waals surface area contributed by atoms with Gasteiger partial charge in [0.05, 0.1) is 11.7 Å². The molecule has 0 bridgehead atoms. The molecule has 3 aromatic heterocycles. The number of aromatic nitrogens is 4. The van der Waals surface area contributed by atoms with Gasteiger partial charge in [0.1, 0.15) is 11.4 Å². The molecule has 3 aromatic rings. The molecule has 0 fully saturated rings. The summed E-state index contributed by atoms with van der Waals surface area (Å²) >= 11 is 6.49. The van der Waals surface area contributed by atoms with Crippen molar-refractivity contribution < 1.29 is 4.42 Å². The second-order valence-corrected chi connectivity index (χ2v) is 6.53. The second-order valence-electron chi connectivity index (χ2n) is 5.08. The summed E-state index contributed by atoms with van der Waals surface area (Å²) in [5.74, 6) is 0.382. The van der Waals surface area contributed by atoms with Crippen LogP contribution < -0.4 is 5.56 Å². The SMILES string of the molecule is O=c1c2c3c(sc2ncn1Cc1n[nH]c(=S)o1)CCCC3. The van der Waals surface area contributed by atoms with Gasteiger partial charge >= 0.3 is 0 Å². The maximum absolute atomic E-state index is 12.7. The first-order valence-electron chi connectivity index (χ1n) is 6.76. The van der Waals surface area contributed by atoms with E-state index >= 15 is 0 Å². The molecule has 0 saturated heterocycles. The van der Waals surface area contributed by atoms with E-state index in [9.17, 15) is 4.79 Å². The average Bonchev–Trinajstić information content (AvgIpc) is 3.05. The summed E-state index contributed by atoms with van der Waals surface area (Å²) < 4.78 is 6.74. The fourth-order valence-corrected chi connectivity index (χ4v) is 4.13. The standard InChI is InChI=1S/C13H12N4O2S2/c18-12-10-7-3-1-2-4-8(7)21-11(10)14-6-17(12)5-9-15-16-13(20)19-9/h6H,1-5H2,(H,16,20). The zero-order valence-corrected chi connectivity index (χ0v) is 12.7. The minimum atomic E-state index is -0.0245. The minimum Gasteiger partial charge on any atom is -0.412 e. The van der Waals surface area contributed by atoms with Crippen LogP contribution in [-0.4, -0.2) is 19.7 Å². The lowest BCUT2D eigenvalue weighted by Crippen LogP contribution is -2.21. The van der Waals surface area contributed by atoms with Gasteiger partial charge in [-0.05, 0) is 43.5 Å². The lowest BCUT2D eigenvalue weighted by atomic mass is 9.97. The monoisotopic (exact) mass is 320 g/mol. The topological polar surface area (TPSA) is 76.7 Å². The highest BCUT2D eigenvalue weighted by atomic mass is 32.1. The van der Waals surface area contributed by atoms with Gasteiger partial charge in [0.2, 0.25) is 5.89 Å². The number of nitrogens with zero attached hydrogens (tertiary/aromatic N) is 3. The van der Waals surface area contributed by atoms with Crippen molar-refractivity contribution in [3.05, 3.63) is 37.8 Å². The van der Waals surface area contributed by atoms with Crippen LogP contribution in [0, 0.1) is 4.84 Å². The largest absolute Gasteiger partial charge is 0.412 e. The third-order valence-corrected chi connectivity index (χ3v) is 5.10. The Hall–Kier alpha value is -1.80. The van der Waals surface area contributed by atoms with Gasteiger partial charge < -0.3 is 4.42 Å². The molecule has 0 spiro atoms. The van der Waals surface area contributed by atoms with E-state index in [1.807, 2.05) is 0 Å². The molecule has 1 aliphatic carbocycles. The fraction of sp³-hybridized carbons (Fsp3) is 0.385. The first kappa shape index (κ1) is 12.9. The average molecular weight is 320 g/mol. The quantitative estimate of drug-likeness (QED) is 0.734. The van der Waals surface area contributed by atoms with Crippen molar-refractivity contribution in [1.82, 2.24) is 19.7 Å². The van der Waals surface area contributed by atoms with Gasteiger partial charge in [-0.25, -0.2) is 10.1 Å². The van der Waals surface area contributed by atoms with E-state index in [2.05, 4.69) is 15.2 Å². The Morgan fingerprint density at radius 3 is 3.10 bits per heavy atom. The molecular formula is C13H12N4O2S2. The molecule has 8 heteroatoms. The van der Waals surface area contributed by atoms with Crippen molar-refractivity contribution in [2.45, 2.75) is 32.2 Å². The Morgan fingerprint density at radius 1 is 1.43 bits per heavy atom. The van der Waals surface area contributed by atoms with Crippen LogP contribution in [-0.2, 0) is 19.4 Å². The summed E-state index contributed by atoms with van der Waals surface area (Å²) in [6, 6.07) is 0. The lowest BCUT2D eigenvalue weighted by molar-refractivity contribution is 0.462. The van der Waals surface area contributed by atoms with Crippen molar-refractivity contribution in [3.8, 4) is 0 Å². The molecule has 21 heavy (non-hydrogen) atoms. The van der Waals surface area contributed by atoms with Crippen LogP contribution in [0.25, 0.3) is 10.2 Å². The highest BCUT2D eigenvalue weighted by Crippen LogP contribution is 2.33. The molecule has 3 heterocycles. The van der Waals surface area contributed by atoms with E-state index in [4.69, 9.17) is 16.6 Å². The number of aromatic amines is 1. The lowest BCUT2D eigenvalue weighted by Gasteiger charge is -2.10. The summed E-state index contributed by atoms with van der Waals surface area (Å²) in [7, 11) is 0. The van der Waals surface area contributed by atoms with Crippen LogP contribution in [0.3, 0.4) is 0 Å². The van der Waals surface area contributed by atoms with Crippen LogP contribution in [0.5, 0.6) is 0 Å².